The van der Waals surface area contributed by atoms with Gasteiger partial charge in [-0.15, -0.1) is 0 Å². The van der Waals surface area contributed by atoms with Crippen molar-refractivity contribution in [2.24, 2.45) is 0 Å². The van der Waals surface area contributed by atoms with E-state index in [0.717, 1.165) is 0 Å². The van der Waals surface area contributed by atoms with Crippen LogP contribution in [0, 0.1) is 0 Å². The summed E-state index contributed by atoms with van der Waals surface area (Å²) in [6, 6.07) is 34.4. The molecule has 0 aliphatic carbocycles. The molecular weight excluding hydrogens is 815 g/mol. The fourth-order valence-electron chi connectivity index (χ4n) is 4.73. The molecule has 4 rings (SSSR count). The van der Waals surface area contributed by atoms with Crippen molar-refractivity contribution in [1.82, 2.24) is 0 Å². The van der Waals surface area contributed by atoms with Crippen molar-refractivity contribution in [2.45, 2.75) is 11.2 Å². The molecule has 0 atom stereocenters. The number of carbonyl (C=O) groups excluding carboxylic acids is 2. The first kappa shape index (κ1) is 44.6. The molecule has 17 heteroatoms. The average molecular weight is 855 g/mol. The molecule has 0 heterocycles. The first-order valence-electron chi connectivity index (χ1n) is 14.9. The molecule has 272 valence electrons. The van der Waals surface area contributed by atoms with Crippen LogP contribution in [0.5, 0.6) is 0 Å². The van der Waals surface area contributed by atoms with Gasteiger partial charge in [-0.05, 0) is 22.3 Å². The van der Waals surface area contributed by atoms with Gasteiger partial charge in [0.1, 0.15) is 0 Å². The fourth-order valence-corrected chi connectivity index (χ4v) is 7.10. The van der Waals surface area contributed by atoms with Gasteiger partial charge in [0.25, 0.3) is 0 Å². The van der Waals surface area contributed by atoms with Gasteiger partial charge in [-0.3, -0.25) is 0 Å². The summed E-state index contributed by atoms with van der Waals surface area (Å²) in [6.07, 6.45) is 0. The number of hydrogen-bond acceptors (Lipinski definition) is 10. The predicted molar refractivity (Wildman–Crippen MR) is 194 cm³/mol. The molecule has 4 aromatic rings. The second-order valence-corrected chi connectivity index (χ2v) is 18.8. The summed E-state index contributed by atoms with van der Waals surface area (Å²) in [5.41, 5.74) is -2.33. The Morgan fingerprint density at radius 3 is 0.824 bits per heavy atom. The Morgan fingerprint density at radius 1 is 0.490 bits per heavy atom. The number of hydrogen-bond donors (Lipinski definition) is 2. The second kappa shape index (κ2) is 21.8. The Bertz CT molecular complexity index is 1380. The number of rotatable bonds is 14. The van der Waals surface area contributed by atoms with E-state index < -0.39 is 61.8 Å². The summed E-state index contributed by atoms with van der Waals surface area (Å²) in [5, 5.41) is 22.6. The molecule has 0 aliphatic heterocycles. The normalized spacial score (nSPS) is 11.5. The van der Waals surface area contributed by atoms with Gasteiger partial charge in [0.15, 0.2) is 11.2 Å². The number of carbonyl (C=O) groups is 2. The van der Waals surface area contributed by atoms with Crippen LogP contribution in [0.25, 0.3) is 9.96 Å². The standard InChI is InChI=1S/2C17H21NO5Si.2ClH.Zr/c2*1-21-24(22-2,23-3)18-16(19)17(20,14-10-6-4-7-11-14)15-12-8-5-9-13-15;;;/h2*4-13,20H,1-3H3,(H,18,19);2*1H;/q;;;;+4/p-4. The van der Waals surface area contributed by atoms with Crippen LogP contribution in [0.1, 0.15) is 22.3 Å². The zero-order valence-electron chi connectivity index (χ0n) is 28.9. The van der Waals surface area contributed by atoms with E-state index in [1.165, 1.54) is 42.7 Å². The molecule has 0 spiro atoms. The van der Waals surface area contributed by atoms with Crippen molar-refractivity contribution in [3.8, 4) is 0 Å². The number of halogens is 2. The van der Waals surface area contributed by atoms with E-state index >= 15 is 0 Å². The Kier molecular flexibility index (Phi) is 19.1. The molecule has 0 bridgehead atoms. The zero-order valence-corrected chi connectivity index (χ0v) is 34.8. The first-order valence-corrected chi connectivity index (χ1v) is 24.6. The van der Waals surface area contributed by atoms with Gasteiger partial charge in [0.05, 0.1) is 11.8 Å². The van der Waals surface area contributed by atoms with Crippen LogP contribution in [0.4, 0.5) is 0 Å². The summed E-state index contributed by atoms with van der Waals surface area (Å²) >= 11 is -0.826. The molecule has 0 saturated heterocycles. The Balaban J connectivity index is 0.000000328. The molecule has 12 nitrogen and oxygen atoms in total. The fraction of sp³-hybridized carbons (Fsp3) is 0.235. The molecule has 2 N–H and O–H groups in total. The van der Waals surface area contributed by atoms with Crippen molar-refractivity contribution >= 4 is 46.8 Å². The van der Waals surface area contributed by atoms with E-state index in [2.05, 4.69) is 9.96 Å². The number of amides is 2. The number of aliphatic hydroxyl groups is 2. The molecule has 2 amide bonds. The Morgan fingerprint density at radius 2 is 0.667 bits per heavy atom. The molecular formula is C34H40Cl2N2O10Si2Zr. The van der Waals surface area contributed by atoms with Crippen LogP contribution in [0.3, 0.4) is 0 Å². The zero-order chi connectivity index (χ0) is 38.0. The minimum atomic E-state index is -3.54. The molecule has 0 aromatic heterocycles. The number of nitrogens with zero attached hydrogens (tertiary/aromatic N) is 2. The Hall–Kier alpha value is -2.60. The third kappa shape index (κ3) is 11.2. The maximum atomic E-state index is 12.9. The summed E-state index contributed by atoms with van der Waals surface area (Å²) in [6.45, 7) is 0. The summed E-state index contributed by atoms with van der Waals surface area (Å²) in [4.78, 5) is 33.8. The van der Waals surface area contributed by atoms with Crippen LogP contribution in [0.2, 0.25) is 0 Å². The third-order valence-electron chi connectivity index (χ3n) is 7.41. The van der Waals surface area contributed by atoms with E-state index in [1.54, 1.807) is 121 Å². The molecule has 0 fully saturated rings. The van der Waals surface area contributed by atoms with Gasteiger partial charge < -0.3 is 56.3 Å². The van der Waals surface area contributed by atoms with Crippen molar-refractivity contribution in [3.05, 3.63) is 154 Å². The van der Waals surface area contributed by atoms with Gasteiger partial charge in [-0.25, -0.2) is 0 Å². The van der Waals surface area contributed by atoms with Crippen LogP contribution in [-0.2, 0) is 68.2 Å². The van der Waals surface area contributed by atoms with Gasteiger partial charge >= 0.3 is 55.8 Å². The average Bonchev–Trinajstić information content (AvgIpc) is 3.20. The van der Waals surface area contributed by atoms with Crippen LogP contribution < -0.4 is 0 Å². The van der Waals surface area contributed by atoms with Crippen LogP contribution in [0.15, 0.2) is 121 Å². The SMILES string of the molecule is CO[Si]([N-]C(=O)C(O)(c1ccccc1)c1ccccc1)(OC)OC.CO[Si]([N-]C(=O)C(O)(c1ccccc1)c1ccccc1)(OC)OC.[Cl][Zr+2][Cl]. The van der Waals surface area contributed by atoms with Crippen molar-refractivity contribution in [2.75, 3.05) is 42.7 Å². The number of benzene rings is 4. The van der Waals surface area contributed by atoms with Gasteiger partial charge in [-0.2, -0.15) is 0 Å². The maximum absolute atomic E-state index is 12.9. The van der Waals surface area contributed by atoms with E-state index in [0.29, 0.717) is 22.3 Å². The Labute approximate surface area is 319 Å². The summed E-state index contributed by atoms with van der Waals surface area (Å²) < 4.78 is 31.0. The summed E-state index contributed by atoms with van der Waals surface area (Å²) in [7, 11) is 10.9. The molecule has 51 heavy (non-hydrogen) atoms. The summed E-state index contributed by atoms with van der Waals surface area (Å²) in [5.74, 6) is -1.62. The van der Waals surface area contributed by atoms with Crippen molar-refractivity contribution in [1.29, 1.82) is 0 Å². The first-order chi connectivity index (χ1) is 24.5. The third-order valence-corrected chi connectivity index (χ3v) is 11.5. The van der Waals surface area contributed by atoms with Gasteiger partial charge in [0.2, 0.25) is 0 Å². The van der Waals surface area contributed by atoms with E-state index in [-0.39, 0.29) is 0 Å². The van der Waals surface area contributed by atoms with Crippen molar-refractivity contribution < 1.29 is 67.2 Å². The second-order valence-electron chi connectivity index (χ2n) is 10.1. The topological polar surface area (TPSA) is 158 Å². The molecule has 0 aliphatic rings. The van der Waals surface area contributed by atoms with Gasteiger partial charge in [0, 0.05) is 42.7 Å². The van der Waals surface area contributed by atoms with E-state index in [1.807, 2.05) is 0 Å². The van der Waals surface area contributed by atoms with E-state index in [9.17, 15) is 19.8 Å². The molecule has 4 aromatic carbocycles. The molecule has 0 radical (unpaired) electrons. The minimum absolute atomic E-state index is 0.399. The van der Waals surface area contributed by atoms with Crippen LogP contribution in [-0.4, -0.2) is 82.6 Å². The molecule has 0 saturated carbocycles. The van der Waals surface area contributed by atoms with Crippen molar-refractivity contribution in [3.63, 3.8) is 0 Å². The monoisotopic (exact) mass is 852 g/mol. The van der Waals surface area contributed by atoms with E-state index in [4.69, 9.17) is 43.6 Å². The quantitative estimate of drug-likeness (QED) is 0.149. The predicted octanol–water partition coefficient (Wildman–Crippen LogP) is 5.77. The molecule has 0 unspecified atom stereocenters. The van der Waals surface area contributed by atoms with Gasteiger partial charge in [-0.1, -0.05) is 121 Å². The van der Waals surface area contributed by atoms with Crippen LogP contribution >= 0.6 is 17.0 Å².